The van der Waals surface area contributed by atoms with Gasteiger partial charge in [0, 0.05) is 25.2 Å². The quantitative estimate of drug-likeness (QED) is 0.587. The third-order valence-electron chi connectivity index (χ3n) is 4.40. The lowest BCUT2D eigenvalue weighted by atomic mass is 9.89. The van der Waals surface area contributed by atoms with Crippen LogP contribution in [0.15, 0.2) is 47.5 Å². The van der Waals surface area contributed by atoms with Crippen molar-refractivity contribution in [3.8, 4) is 5.75 Å². The molecule has 0 atom stereocenters. The largest absolute Gasteiger partial charge is 0.478 e. The number of rotatable bonds is 6. The van der Waals surface area contributed by atoms with E-state index in [2.05, 4.69) is 4.99 Å². The Kier molecular flexibility index (Phi) is 5.04. The Morgan fingerprint density at radius 2 is 2.00 bits per heavy atom. The molecule has 0 amide bonds. The molecule has 0 aliphatic carbocycles. The monoisotopic (exact) mass is 342 g/mol. The van der Waals surface area contributed by atoms with Crippen LogP contribution in [-0.2, 0) is 10.3 Å². The van der Waals surface area contributed by atoms with Gasteiger partial charge < -0.3 is 14.4 Å². The molecule has 1 fully saturated rings. The van der Waals surface area contributed by atoms with Gasteiger partial charge in [-0.05, 0) is 37.6 Å². The van der Waals surface area contributed by atoms with E-state index in [9.17, 15) is 4.39 Å². The summed E-state index contributed by atoms with van der Waals surface area (Å²) in [7, 11) is 1.93. The highest BCUT2D eigenvalue weighted by Gasteiger charge is 2.45. The summed E-state index contributed by atoms with van der Waals surface area (Å²) in [4.78, 5) is 6.31. The second kappa shape index (κ2) is 7.23. The summed E-state index contributed by atoms with van der Waals surface area (Å²) in [5.41, 5.74) is 1.26. The van der Waals surface area contributed by atoms with Gasteiger partial charge in [-0.2, -0.15) is 0 Å². The molecule has 1 aliphatic rings. The van der Waals surface area contributed by atoms with E-state index in [1.54, 1.807) is 6.34 Å². The second-order valence-corrected chi connectivity index (χ2v) is 6.34. The molecule has 5 heteroatoms. The van der Waals surface area contributed by atoms with Crippen LogP contribution in [0.5, 0.6) is 5.75 Å². The summed E-state index contributed by atoms with van der Waals surface area (Å²) in [5.74, 6) is 0.380. The fraction of sp³-hybridized carbons (Fsp3) is 0.350. The molecule has 0 spiro atoms. The summed E-state index contributed by atoms with van der Waals surface area (Å²) in [6.07, 6.45) is 1.71. The van der Waals surface area contributed by atoms with Crippen LogP contribution in [0.25, 0.3) is 0 Å². The van der Waals surface area contributed by atoms with Gasteiger partial charge in [0.1, 0.15) is 11.6 Å². The number of aryl methyl sites for hydroxylation is 1. The van der Waals surface area contributed by atoms with Crippen LogP contribution in [0.4, 0.5) is 10.1 Å². The zero-order valence-electron chi connectivity index (χ0n) is 14.8. The van der Waals surface area contributed by atoms with Gasteiger partial charge in [0.15, 0.2) is 5.60 Å². The predicted octanol–water partition coefficient (Wildman–Crippen LogP) is 4.05. The minimum absolute atomic E-state index is 0.323. The van der Waals surface area contributed by atoms with Crippen LogP contribution in [-0.4, -0.2) is 38.0 Å². The number of aliphatic imine (C=N–C) groups is 1. The fourth-order valence-electron chi connectivity index (χ4n) is 2.67. The van der Waals surface area contributed by atoms with Gasteiger partial charge in [0.2, 0.25) is 0 Å². The molecule has 1 heterocycles. The number of ether oxygens (including phenoxy) is 2. The summed E-state index contributed by atoms with van der Waals surface area (Å²) >= 11 is 0. The van der Waals surface area contributed by atoms with Gasteiger partial charge in [0.25, 0.3) is 0 Å². The molecule has 0 N–H and O–H groups in total. The average molecular weight is 342 g/mol. The smallest absolute Gasteiger partial charge is 0.183 e. The Hall–Kier alpha value is -2.40. The number of halogens is 1. The topological polar surface area (TPSA) is 34.1 Å². The maximum atomic E-state index is 14.8. The minimum Gasteiger partial charge on any atom is -0.478 e. The average Bonchev–Trinajstić information content (AvgIpc) is 2.59. The Morgan fingerprint density at radius 1 is 1.28 bits per heavy atom. The molecule has 132 valence electrons. The van der Waals surface area contributed by atoms with Gasteiger partial charge in [-0.15, -0.1) is 0 Å². The lowest BCUT2D eigenvalue weighted by Crippen LogP contribution is -2.52. The maximum Gasteiger partial charge on any atom is 0.183 e. The van der Waals surface area contributed by atoms with Crippen molar-refractivity contribution in [2.45, 2.75) is 19.4 Å². The Bertz CT molecular complexity index is 758. The number of benzene rings is 2. The van der Waals surface area contributed by atoms with Crippen LogP contribution < -0.4 is 4.74 Å². The third kappa shape index (κ3) is 3.66. The van der Waals surface area contributed by atoms with Crippen LogP contribution in [0.1, 0.15) is 18.1 Å². The molecule has 2 aromatic carbocycles. The molecule has 1 aliphatic heterocycles. The molecular weight excluding hydrogens is 319 g/mol. The van der Waals surface area contributed by atoms with Gasteiger partial charge in [0.05, 0.1) is 25.2 Å². The highest BCUT2D eigenvalue weighted by Crippen LogP contribution is 2.38. The molecule has 4 nitrogen and oxygen atoms in total. The van der Waals surface area contributed by atoms with Crippen molar-refractivity contribution in [3.05, 3.63) is 59.4 Å². The molecular formula is C20H23FN2O2. The molecule has 0 aromatic heterocycles. The zero-order chi connectivity index (χ0) is 17.9. The van der Waals surface area contributed by atoms with Crippen LogP contribution in [0.2, 0.25) is 0 Å². The standard InChI is InChI=1S/C20H23FN2O2/c1-4-23(3)14-22-19-11-18(21)17(10-15(19)2)20(12-24-13-20)25-16-8-6-5-7-9-16/h5-11,14H,4,12-13H2,1-3H3. The van der Waals surface area contributed by atoms with E-state index in [4.69, 9.17) is 9.47 Å². The van der Waals surface area contributed by atoms with E-state index < -0.39 is 5.60 Å². The van der Waals surface area contributed by atoms with E-state index in [0.29, 0.717) is 30.2 Å². The summed E-state index contributed by atoms with van der Waals surface area (Å²) < 4.78 is 26.3. The van der Waals surface area contributed by atoms with Gasteiger partial charge in [-0.3, -0.25) is 0 Å². The molecule has 0 unspecified atom stereocenters. The highest BCUT2D eigenvalue weighted by atomic mass is 19.1. The van der Waals surface area contributed by atoms with Crippen molar-refractivity contribution in [1.29, 1.82) is 0 Å². The van der Waals surface area contributed by atoms with Crippen molar-refractivity contribution < 1.29 is 13.9 Å². The molecule has 0 bridgehead atoms. The summed E-state index contributed by atoms with van der Waals surface area (Å²) in [5, 5.41) is 0. The van der Waals surface area contributed by atoms with Crippen LogP contribution in [0.3, 0.4) is 0 Å². The van der Waals surface area contributed by atoms with E-state index >= 15 is 0 Å². The van der Waals surface area contributed by atoms with Gasteiger partial charge >= 0.3 is 0 Å². The van der Waals surface area contributed by atoms with E-state index in [-0.39, 0.29) is 5.82 Å². The molecule has 0 radical (unpaired) electrons. The summed E-state index contributed by atoms with van der Waals surface area (Å²) in [6.45, 7) is 5.47. The first-order valence-corrected chi connectivity index (χ1v) is 8.41. The summed E-state index contributed by atoms with van der Waals surface area (Å²) in [6, 6.07) is 12.7. The number of hydrogen-bond donors (Lipinski definition) is 0. The minimum atomic E-state index is -0.779. The fourth-order valence-corrected chi connectivity index (χ4v) is 2.67. The van der Waals surface area contributed by atoms with E-state index in [1.165, 1.54) is 6.07 Å². The highest BCUT2D eigenvalue weighted by molar-refractivity contribution is 5.63. The first kappa shape index (κ1) is 17.4. The van der Waals surface area contributed by atoms with Gasteiger partial charge in [-0.25, -0.2) is 9.38 Å². The van der Waals surface area contributed by atoms with E-state index in [0.717, 1.165) is 12.1 Å². The Morgan fingerprint density at radius 3 is 2.60 bits per heavy atom. The molecule has 1 saturated heterocycles. The van der Waals surface area contributed by atoms with Crippen molar-refractivity contribution in [3.63, 3.8) is 0 Å². The van der Waals surface area contributed by atoms with Crippen molar-refractivity contribution in [2.75, 3.05) is 26.8 Å². The lowest BCUT2D eigenvalue weighted by molar-refractivity contribution is -0.169. The zero-order valence-corrected chi connectivity index (χ0v) is 14.8. The number of nitrogens with zero attached hydrogens (tertiary/aromatic N) is 2. The Labute approximate surface area is 147 Å². The van der Waals surface area contributed by atoms with Crippen LogP contribution >= 0.6 is 0 Å². The first-order valence-electron chi connectivity index (χ1n) is 8.41. The molecule has 25 heavy (non-hydrogen) atoms. The molecule has 3 rings (SSSR count). The van der Waals surface area contributed by atoms with E-state index in [1.807, 2.05) is 62.2 Å². The van der Waals surface area contributed by atoms with Gasteiger partial charge in [-0.1, -0.05) is 18.2 Å². The Balaban J connectivity index is 1.91. The molecule has 0 saturated carbocycles. The van der Waals surface area contributed by atoms with Crippen molar-refractivity contribution in [1.82, 2.24) is 4.90 Å². The normalized spacial score (nSPS) is 15.8. The SMILES string of the molecule is CCN(C)C=Nc1cc(F)c(C2(Oc3ccccc3)COC2)cc1C. The number of hydrogen-bond acceptors (Lipinski definition) is 3. The second-order valence-electron chi connectivity index (χ2n) is 6.34. The predicted molar refractivity (Wildman–Crippen MR) is 97.2 cm³/mol. The third-order valence-corrected chi connectivity index (χ3v) is 4.40. The van der Waals surface area contributed by atoms with Crippen molar-refractivity contribution in [2.24, 2.45) is 4.99 Å². The first-order chi connectivity index (χ1) is 12.0. The maximum absolute atomic E-state index is 14.8. The van der Waals surface area contributed by atoms with Crippen molar-refractivity contribution >= 4 is 12.0 Å². The number of para-hydroxylation sites is 1. The molecule has 2 aromatic rings. The lowest BCUT2D eigenvalue weighted by Gasteiger charge is -2.42. The van der Waals surface area contributed by atoms with Crippen LogP contribution in [0, 0.1) is 12.7 Å².